The molecule has 3 aromatic rings. The number of amides is 1. The standard InChI is InChI=1S/C24H23N3O7S/c1-33-18-11-13-19(14-12-18)35(31,32)27(21-9-5-6-10-22(21)34-2)16-23(28)26-25-15-17-7-3-4-8-20(17)24(29)30/h3-15H,16H2,1-2H3,(H,26,28)(H,29,30)/b25-15-. The van der Waals surface area contributed by atoms with Crippen molar-refractivity contribution in [1.29, 1.82) is 0 Å². The molecule has 2 N–H and O–H groups in total. The molecule has 0 aliphatic carbocycles. The third-order valence-corrected chi connectivity index (χ3v) is 6.65. The summed E-state index contributed by atoms with van der Waals surface area (Å²) < 4.78 is 38.3. The number of carbonyl (C=O) groups is 2. The smallest absolute Gasteiger partial charge is 0.336 e. The number of para-hydroxylation sites is 2. The second-order valence-corrected chi connectivity index (χ2v) is 8.91. The normalized spacial score (nSPS) is 11.1. The number of nitrogens with one attached hydrogen (secondary N) is 1. The van der Waals surface area contributed by atoms with Crippen molar-refractivity contribution in [1.82, 2.24) is 5.43 Å². The number of hydrogen-bond donors (Lipinski definition) is 2. The number of carbonyl (C=O) groups excluding carboxylic acids is 1. The highest BCUT2D eigenvalue weighted by molar-refractivity contribution is 7.92. The van der Waals surface area contributed by atoms with Crippen LogP contribution in [0.1, 0.15) is 15.9 Å². The summed E-state index contributed by atoms with van der Waals surface area (Å²) >= 11 is 0. The van der Waals surface area contributed by atoms with Gasteiger partial charge < -0.3 is 14.6 Å². The van der Waals surface area contributed by atoms with Gasteiger partial charge in [-0.25, -0.2) is 18.6 Å². The van der Waals surface area contributed by atoms with Crippen molar-refractivity contribution in [2.45, 2.75) is 4.90 Å². The molecule has 11 heteroatoms. The lowest BCUT2D eigenvalue weighted by Crippen LogP contribution is -2.39. The van der Waals surface area contributed by atoms with Crippen molar-refractivity contribution < 1.29 is 32.6 Å². The van der Waals surface area contributed by atoms with Crippen LogP contribution < -0.4 is 19.2 Å². The highest BCUT2D eigenvalue weighted by Crippen LogP contribution is 2.32. The summed E-state index contributed by atoms with van der Waals surface area (Å²) in [5.74, 6) is -1.18. The monoisotopic (exact) mass is 497 g/mol. The second kappa shape index (κ2) is 11.2. The van der Waals surface area contributed by atoms with Gasteiger partial charge in [-0.15, -0.1) is 0 Å². The number of aromatic carboxylic acids is 1. The number of hydrogen-bond acceptors (Lipinski definition) is 7. The molecule has 0 radical (unpaired) electrons. The van der Waals surface area contributed by atoms with Crippen LogP contribution in [0, 0.1) is 0 Å². The zero-order chi connectivity index (χ0) is 25.4. The molecule has 0 spiro atoms. The summed E-state index contributed by atoms with van der Waals surface area (Å²) in [7, 11) is -1.34. The van der Waals surface area contributed by atoms with E-state index in [0.29, 0.717) is 5.75 Å². The van der Waals surface area contributed by atoms with Gasteiger partial charge in [0.25, 0.3) is 15.9 Å². The summed E-state index contributed by atoms with van der Waals surface area (Å²) in [4.78, 5) is 24.0. The lowest BCUT2D eigenvalue weighted by Gasteiger charge is -2.25. The van der Waals surface area contributed by atoms with E-state index in [1.54, 1.807) is 30.3 Å². The molecule has 0 saturated heterocycles. The number of methoxy groups -OCH3 is 2. The van der Waals surface area contributed by atoms with Crippen molar-refractivity contribution in [2.75, 3.05) is 25.1 Å². The van der Waals surface area contributed by atoms with E-state index >= 15 is 0 Å². The molecule has 3 aromatic carbocycles. The Hall–Kier alpha value is -4.38. The summed E-state index contributed by atoms with van der Waals surface area (Å²) in [5, 5.41) is 13.1. The van der Waals surface area contributed by atoms with Crippen LogP contribution in [0.4, 0.5) is 5.69 Å². The zero-order valence-electron chi connectivity index (χ0n) is 18.9. The number of anilines is 1. The van der Waals surface area contributed by atoms with Crippen LogP contribution in [-0.2, 0) is 14.8 Å². The number of rotatable bonds is 10. The maximum absolute atomic E-state index is 13.5. The van der Waals surface area contributed by atoms with Gasteiger partial charge in [0.15, 0.2) is 0 Å². The van der Waals surface area contributed by atoms with Crippen molar-refractivity contribution >= 4 is 33.8 Å². The number of sulfonamides is 1. The SMILES string of the molecule is COc1ccc(S(=O)(=O)N(CC(=O)N/N=C\c2ccccc2C(=O)O)c2ccccc2OC)cc1. The molecule has 0 aliphatic rings. The first-order valence-corrected chi connectivity index (χ1v) is 11.7. The molecule has 182 valence electrons. The molecule has 0 aliphatic heterocycles. The van der Waals surface area contributed by atoms with Crippen LogP contribution in [0.3, 0.4) is 0 Å². The molecule has 0 bridgehead atoms. The summed E-state index contributed by atoms with van der Waals surface area (Å²) in [6, 6.07) is 18.2. The zero-order valence-corrected chi connectivity index (χ0v) is 19.7. The second-order valence-electron chi connectivity index (χ2n) is 7.04. The number of carboxylic acids is 1. The molecule has 0 saturated carbocycles. The van der Waals surface area contributed by atoms with Crippen LogP contribution in [0.2, 0.25) is 0 Å². The topological polar surface area (TPSA) is 135 Å². The Morgan fingerprint density at radius 3 is 2.29 bits per heavy atom. The third kappa shape index (κ3) is 5.95. The predicted molar refractivity (Wildman–Crippen MR) is 130 cm³/mol. The minimum Gasteiger partial charge on any atom is -0.497 e. The van der Waals surface area contributed by atoms with Gasteiger partial charge in [-0.2, -0.15) is 5.10 Å². The van der Waals surface area contributed by atoms with Crippen molar-refractivity contribution in [2.24, 2.45) is 5.10 Å². The Morgan fingerprint density at radius 1 is 0.971 bits per heavy atom. The maximum Gasteiger partial charge on any atom is 0.336 e. The average molecular weight is 498 g/mol. The van der Waals surface area contributed by atoms with Gasteiger partial charge in [0, 0.05) is 5.56 Å². The maximum atomic E-state index is 13.5. The summed E-state index contributed by atoms with van der Waals surface area (Å²) in [6.45, 7) is -0.618. The number of carboxylic acid groups (broad SMARTS) is 1. The van der Waals surface area contributed by atoms with E-state index in [1.807, 2.05) is 0 Å². The first kappa shape index (κ1) is 25.2. The molecule has 10 nitrogen and oxygen atoms in total. The molecule has 0 aromatic heterocycles. The Kier molecular flexibility index (Phi) is 8.05. The number of ether oxygens (including phenoxy) is 2. The minimum atomic E-state index is -4.19. The molecule has 35 heavy (non-hydrogen) atoms. The molecule has 3 rings (SSSR count). The molecule has 0 unspecified atom stereocenters. The molecule has 0 atom stereocenters. The van der Waals surface area contributed by atoms with E-state index in [9.17, 15) is 23.1 Å². The highest BCUT2D eigenvalue weighted by atomic mass is 32.2. The number of nitrogens with zero attached hydrogens (tertiary/aromatic N) is 2. The first-order valence-electron chi connectivity index (χ1n) is 10.2. The molecular weight excluding hydrogens is 474 g/mol. The quantitative estimate of drug-likeness (QED) is 0.325. The van der Waals surface area contributed by atoms with Gasteiger partial charge in [0.05, 0.1) is 36.6 Å². The lowest BCUT2D eigenvalue weighted by atomic mass is 10.1. The number of hydrazone groups is 1. The molecular formula is C24H23N3O7S. The minimum absolute atomic E-state index is 0.00299. The van der Waals surface area contributed by atoms with Gasteiger partial charge >= 0.3 is 5.97 Å². The Balaban J connectivity index is 1.90. The Morgan fingerprint density at radius 2 is 1.63 bits per heavy atom. The predicted octanol–water partition coefficient (Wildman–Crippen LogP) is 2.75. The molecule has 1 amide bonds. The van der Waals surface area contributed by atoms with E-state index in [0.717, 1.165) is 4.31 Å². The van der Waals surface area contributed by atoms with Gasteiger partial charge in [0.2, 0.25) is 0 Å². The van der Waals surface area contributed by atoms with Crippen LogP contribution in [-0.4, -0.2) is 52.4 Å². The number of benzene rings is 3. The molecule has 0 fully saturated rings. The van der Waals surface area contributed by atoms with Gasteiger partial charge in [-0.3, -0.25) is 9.10 Å². The van der Waals surface area contributed by atoms with E-state index < -0.39 is 28.4 Å². The summed E-state index contributed by atoms with van der Waals surface area (Å²) in [5.41, 5.74) is 2.68. The summed E-state index contributed by atoms with van der Waals surface area (Å²) in [6.07, 6.45) is 1.17. The fourth-order valence-corrected chi connectivity index (χ4v) is 4.59. The average Bonchev–Trinajstić information content (AvgIpc) is 2.87. The Labute approximate surface area is 202 Å². The Bertz CT molecular complexity index is 1340. The largest absolute Gasteiger partial charge is 0.497 e. The van der Waals surface area contributed by atoms with E-state index in [-0.39, 0.29) is 27.5 Å². The lowest BCUT2D eigenvalue weighted by molar-refractivity contribution is -0.119. The van der Waals surface area contributed by atoms with Crippen LogP contribution in [0.25, 0.3) is 0 Å². The van der Waals surface area contributed by atoms with E-state index in [4.69, 9.17) is 9.47 Å². The van der Waals surface area contributed by atoms with E-state index in [1.165, 1.54) is 62.9 Å². The van der Waals surface area contributed by atoms with Crippen LogP contribution >= 0.6 is 0 Å². The third-order valence-electron chi connectivity index (χ3n) is 4.87. The van der Waals surface area contributed by atoms with Crippen LogP contribution in [0.5, 0.6) is 11.5 Å². The fourth-order valence-electron chi connectivity index (χ4n) is 3.15. The van der Waals surface area contributed by atoms with Gasteiger partial charge in [-0.1, -0.05) is 30.3 Å². The van der Waals surface area contributed by atoms with Gasteiger partial charge in [-0.05, 0) is 42.5 Å². The first-order chi connectivity index (χ1) is 16.8. The highest BCUT2D eigenvalue weighted by Gasteiger charge is 2.29. The van der Waals surface area contributed by atoms with E-state index in [2.05, 4.69) is 10.5 Å². The fraction of sp³-hybridized carbons (Fsp3) is 0.125. The van der Waals surface area contributed by atoms with Gasteiger partial charge in [0.1, 0.15) is 18.0 Å². The van der Waals surface area contributed by atoms with Crippen molar-refractivity contribution in [3.8, 4) is 11.5 Å². The van der Waals surface area contributed by atoms with Crippen molar-refractivity contribution in [3.63, 3.8) is 0 Å². The molecule has 0 heterocycles. The van der Waals surface area contributed by atoms with Crippen molar-refractivity contribution in [3.05, 3.63) is 83.9 Å². The van der Waals surface area contributed by atoms with Crippen LogP contribution in [0.15, 0.2) is 82.8 Å².